The number of benzene rings is 7. The van der Waals surface area contributed by atoms with E-state index in [4.69, 9.17) is 0 Å². The quantitative estimate of drug-likeness (QED) is 0.174. The molecule has 218 valence electrons. The molecule has 0 amide bonds. The lowest BCUT2D eigenvalue weighted by atomic mass is 9.96. The maximum absolute atomic E-state index is 14.2. The Kier molecular flexibility index (Phi) is 5.05. The second-order valence-electron chi connectivity index (χ2n) is 12.4. The van der Waals surface area contributed by atoms with Gasteiger partial charge in [0.25, 0.3) is 5.56 Å². The van der Waals surface area contributed by atoms with Gasteiger partial charge in [-0.1, -0.05) is 97.1 Å². The second-order valence-corrected chi connectivity index (χ2v) is 14.5. The normalized spacial score (nSPS) is 12.3. The van der Waals surface area contributed by atoms with Crippen molar-refractivity contribution < 1.29 is 0 Å². The van der Waals surface area contributed by atoms with Crippen LogP contribution in [0.4, 0.5) is 0 Å². The molecule has 0 radical (unpaired) electrons. The fraction of sp³-hybridized carbons (Fsp3) is 0. The van der Waals surface area contributed by atoms with E-state index in [1.807, 2.05) is 45.3 Å². The van der Waals surface area contributed by atoms with Crippen LogP contribution in [0.15, 0.2) is 144 Å². The van der Waals surface area contributed by atoms with Crippen molar-refractivity contribution in [3.8, 4) is 22.3 Å². The molecule has 4 heterocycles. The van der Waals surface area contributed by atoms with E-state index in [2.05, 4.69) is 121 Å². The standard InChI is InChI=1S/C43H23NOS2/c45-43-33-12-2-1-9-28(33)35-22-25(27-14-8-16-32-30-11-4-6-18-39(30)47-42(27)32)23-36-34-21-24(19-20-37(34)44(43)40(35)36)26-13-7-15-31-29-10-3-5-17-38(29)46-41(26)31/h1-23H. The Morgan fingerprint density at radius 3 is 1.57 bits per heavy atom. The average molecular weight is 634 g/mol. The molecule has 0 aliphatic heterocycles. The van der Waals surface area contributed by atoms with Gasteiger partial charge in [-0.3, -0.25) is 9.20 Å². The van der Waals surface area contributed by atoms with E-state index in [0.717, 1.165) is 43.5 Å². The lowest BCUT2D eigenvalue weighted by Gasteiger charge is -2.10. The molecular formula is C43H23NOS2. The Labute approximate surface area is 276 Å². The predicted octanol–water partition coefficient (Wildman–Crippen LogP) is 12.3. The predicted molar refractivity (Wildman–Crippen MR) is 204 cm³/mol. The van der Waals surface area contributed by atoms with Crippen LogP contribution < -0.4 is 5.56 Å². The highest BCUT2D eigenvalue weighted by molar-refractivity contribution is 7.26. The molecule has 0 aliphatic rings. The van der Waals surface area contributed by atoms with E-state index < -0.39 is 0 Å². The molecule has 0 aliphatic carbocycles. The summed E-state index contributed by atoms with van der Waals surface area (Å²) in [6.07, 6.45) is 0. The molecule has 0 atom stereocenters. The SMILES string of the molecule is O=c1c2ccccc2c2cc(-c3cccc4c3sc3ccccc34)cc3c4cc(-c5cccc6c5sc5ccccc56)ccc4n1c23. The number of rotatable bonds is 2. The zero-order valence-corrected chi connectivity index (χ0v) is 26.6. The number of pyridine rings is 1. The summed E-state index contributed by atoms with van der Waals surface area (Å²) in [4.78, 5) is 14.2. The summed E-state index contributed by atoms with van der Waals surface area (Å²) in [6, 6.07) is 50.0. The third kappa shape index (κ3) is 3.41. The minimum Gasteiger partial charge on any atom is -0.275 e. The molecule has 47 heavy (non-hydrogen) atoms. The van der Waals surface area contributed by atoms with Crippen LogP contribution in [0.5, 0.6) is 0 Å². The molecule has 0 N–H and O–H groups in total. The molecule has 2 nitrogen and oxygen atoms in total. The van der Waals surface area contributed by atoms with Crippen LogP contribution in [-0.2, 0) is 0 Å². The van der Waals surface area contributed by atoms with Gasteiger partial charge >= 0.3 is 0 Å². The Balaban J connectivity index is 1.27. The lowest BCUT2D eigenvalue weighted by molar-refractivity contribution is 1.21. The van der Waals surface area contributed by atoms with Gasteiger partial charge in [0.05, 0.1) is 11.0 Å². The molecule has 0 fully saturated rings. The molecule has 0 bridgehead atoms. The van der Waals surface area contributed by atoms with Gasteiger partial charge in [-0.25, -0.2) is 0 Å². The van der Waals surface area contributed by atoms with Crippen molar-refractivity contribution in [2.45, 2.75) is 0 Å². The highest BCUT2D eigenvalue weighted by Crippen LogP contribution is 2.45. The van der Waals surface area contributed by atoms with Gasteiger partial charge in [0.15, 0.2) is 0 Å². The minimum absolute atomic E-state index is 0.0341. The van der Waals surface area contributed by atoms with Crippen LogP contribution in [0.25, 0.3) is 101 Å². The molecule has 11 aromatic rings. The molecule has 4 heteroatoms. The maximum Gasteiger partial charge on any atom is 0.263 e. The highest BCUT2D eigenvalue weighted by atomic mass is 32.1. The number of thiophene rings is 2. The van der Waals surface area contributed by atoms with Crippen LogP contribution >= 0.6 is 22.7 Å². The topological polar surface area (TPSA) is 21.5 Å². The van der Waals surface area contributed by atoms with Crippen LogP contribution in [-0.4, -0.2) is 4.40 Å². The van der Waals surface area contributed by atoms with Crippen molar-refractivity contribution in [1.29, 1.82) is 0 Å². The largest absolute Gasteiger partial charge is 0.275 e. The molecule has 7 aromatic carbocycles. The average Bonchev–Trinajstić information content (AvgIpc) is 3.80. The van der Waals surface area contributed by atoms with E-state index in [1.165, 1.54) is 57.0 Å². The van der Waals surface area contributed by atoms with Crippen molar-refractivity contribution in [2.24, 2.45) is 0 Å². The van der Waals surface area contributed by atoms with Crippen molar-refractivity contribution >= 4 is 101 Å². The van der Waals surface area contributed by atoms with E-state index in [9.17, 15) is 4.79 Å². The molecule has 0 saturated carbocycles. The first kappa shape index (κ1) is 25.6. The Morgan fingerprint density at radius 2 is 0.915 bits per heavy atom. The molecule has 4 aromatic heterocycles. The highest BCUT2D eigenvalue weighted by Gasteiger charge is 2.21. The molecule has 0 saturated heterocycles. The number of fused-ring (bicyclic) bond motifs is 11. The van der Waals surface area contributed by atoms with Gasteiger partial charge in [-0.15, -0.1) is 22.7 Å². The third-order valence-corrected chi connectivity index (χ3v) is 12.4. The van der Waals surface area contributed by atoms with Gasteiger partial charge in [-0.2, -0.15) is 0 Å². The first-order valence-electron chi connectivity index (χ1n) is 15.8. The first-order valence-corrected chi connectivity index (χ1v) is 17.4. The second kappa shape index (κ2) is 9.26. The van der Waals surface area contributed by atoms with Crippen molar-refractivity contribution in [3.63, 3.8) is 0 Å². The minimum atomic E-state index is 0.0341. The molecule has 0 unspecified atom stereocenters. The lowest BCUT2D eigenvalue weighted by Crippen LogP contribution is -2.12. The summed E-state index contributed by atoms with van der Waals surface area (Å²) in [5.74, 6) is 0. The van der Waals surface area contributed by atoms with Crippen LogP contribution in [0.2, 0.25) is 0 Å². The molecular weight excluding hydrogens is 611 g/mol. The maximum atomic E-state index is 14.2. The van der Waals surface area contributed by atoms with Gasteiger partial charge in [0.1, 0.15) is 0 Å². The number of hydrogen-bond donors (Lipinski definition) is 0. The number of nitrogens with zero attached hydrogens (tertiary/aromatic N) is 1. The summed E-state index contributed by atoms with van der Waals surface area (Å²) in [5.41, 5.74) is 6.76. The summed E-state index contributed by atoms with van der Waals surface area (Å²) in [6.45, 7) is 0. The van der Waals surface area contributed by atoms with E-state index in [1.54, 1.807) is 0 Å². The summed E-state index contributed by atoms with van der Waals surface area (Å²) < 4.78 is 7.14. The van der Waals surface area contributed by atoms with Gasteiger partial charge in [-0.05, 0) is 70.1 Å². The smallest absolute Gasteiger partial charge is 0.263 e. The van der Waals surface area contributed by atoms with Crippen molar-refractivity contribution in [2.75, 3.05) is 0 Å². The van der Waals surface area contributed by atoms with Gasteiger partial charge < -0.3 is 0 Å². The van der Waals surface area contributed by atoms with E-state index >= 15 is 0 Å². The van der Waals surface area contributed by atoms with Crippen molar-refractivity contribution in [3.05, 3.63) is 150 Å². The summed E-state index contributed by atoms with van der Waals surface area (Å²) in [7, 11) is 0. The van der Waals surface area contributed by atoms with Crippen LogP contribution in [0.1, 0.15) is 0 Å². The zero-order chi connectivity index (χ0) is 30.8. The molecule has 11 rings (SSSR count). The fourth-order valence-electron chi connectivity index (χ4n) is 7.86. The van der Waals surface area contributed by atoms with Crippen LogP contribution in [0, 0.1) is 0 Å². The third-order valence-electron chi connectivity index (χ3n) is 9.94. The van der Waals surface area contributed by atoms with E-state index in [0.29, 0.717) is 0 Å². The Hall–Kier alpha value is -5.55. The van der Waals surface area contributed by atoms with Gasteiger partial charge in [0, 0.05) is 61.9 Å². The zero-order valence-electron chi connectivity index (χ0n) is 25.0. The monoisotopic (exact) mass is 633 g/mol. The summed E-state index contributed by atoms with van der Waals surface area (Å²) in [5, 5.41) is 10.2. The van der Waals surface area contributed by atoms with Crippen LogP contribution in [0.3, 0.4) is 0 Å². The van der Waals surface area contributed by atoms with Gasteiger partial charge in [0.2, 0.25) is 0 Å². The number of aromatic nitrogens is 1. The Morgan fingerprint density at radius 1 is 0.404 bits per heavy atom. The first-order chi connectivity index (χ1) is 23.2. The van der Waals surface area contributed by atoms with E-state index in [-0.39, 0.29) is 5.56 Å². The fourth-order valence-corrected chi connectivity index (χ4v) is 10.3. The number of hydrogen-bond acceptors (Lipinski definition) is 3. The molecule has 0 spiro atoms. The Bertz CT molecular complexity index is 3160. The van der Waals surface area contributed by atoms with Crippen molar-refractivity contribution in [1.82, 2.24) is 4.40 Å². The summed E-state index contributed by atoms with van der Waals surface area (Å²) >= 11 is 3.71.